The Labute approximate surface area is 153 Å². The molecule has 3 amide bonds. The lowest BCUT2D eigenvalue weighted by Crippen LogP contribution is -2.42. The van der Waals surface area contributed by atoms with Crippen molar-refractivity contribution in [2.24, 2.45) is 0 Å². The molecule has 0 radical (unpaired) electrons. The summed E-state index contributed by atoms with van der Waals surface area (Å²) in [6.07, 6.45) is 5.31. The molecule has 2 aliphatic heterocycles. The minimum Gasteiger partial charge on any atom is -0.334 e. The van der Waals surface area contributed by atoms with Crippen LogP contribution in [0.1, 0.15) is 44.2 Å². The highest BCUT2D eigenvalue weighted by Crippen LogP contribution is 2.19. The second kappa shape index (κ2) is 8.89. The molecule has 0 aliphatic carbocycles. The van der Waals surface area contributed by atoms with E-state index < -0.39 is 0 Å². The number of nitrogens with one attached hydrogen (secondary N) is 1. The fraction of sp³-hybridized carbons (Fsp3) is 0.579. The van der Waals surface area contributed by atoms with Crippen LogP contribution in [-0.2, 0) is 20.9 Å². The number of carbonyl (C=O) groups is 3. The number of carbonyl (C=O) groups excluding carboxylic acids is 3. The van der Waals surface area contributed by atoms with Crippen LogP contribution < -0.4 is 5.32 Å². The molecule has 2 fully saturated rings. The summed E-state index contributed by atoms with van der Waals surface area (Å²) in [4.78, 5) is 44.0. The number of nitrogens with zero attached hydrogens (tertiary/aromatic N) is 3. The van der Waals surface area contributed by atoms with Gasteiger partial charge in [-0.3, -0.25) is 24.3 Å². The first kappa shape index (κ1) is 18.5. The Morgan fingerprint density at radius 1 is 1.19 bits per heavy atom. The second-order valence-electron chi connectivity index (χ2n) is 6.87. The third-order valence-electron chi connectivity index (χ3n) is 5.07. The van der Waals surface area contributed by atoms with Crippen molar-refractivity contribution in [2.75, 3.05) is 19.6 Å². The van der Waals surface area contributed by atoms with Gasteiger partial charge in [0.25, 0.3) is 0 Å². The quantitative estimate of drug-likeness (QED) is 0.770. The lowest BCUT2D eigenvalue weighted by Gasteiger charge is -2.31. The average molecular weight is 358 g/mol. The van der Waals surface area contributed by atoms with Gasteiger partial charge in [-0.15, -0.1) is 0 Å². The lowest BCUT2D eigenvalue weighted by atomic mass is 10.1. The normalized spacial score (nSPS) is 20.9. The van der Waals surface area contributed by atoms with Crippen LogP contribution in [0.2, 0.25) is 0 Å². The maximum atomic E-state index is 13.0. The minimum atomic E-state index is -0.169. The molecule has 1 aromatic rings. The highest BCUT2D eigenvalue weighted by molar-refractivity contribution is 6.02. The number of likely N-dealkylation sites (tertiary alicyclic amines) is 1. The number of hydrogen-bond acceptors (Lipinski definition) is 5. The van der Waals surface area contributed by atoms with E-state index in [0.29, 0.717) is 6.54 Å². The molecule has 3 rings (SSSR count). The van der Waals surface area contributed by atoms with Crippen molar-refractivity contribution in [3.8, 4) is 0 Å². The number of imide groups is 1. The predicted molar refractivity (Wildman–Crippen MR) is 95.9 cm³/mol. The molecular weight excluding hydrogens is 332 g/mol. The van der Waals surface area contributed by atoms with Gasteiger partial charge in [-0.1, -0.05) is 6.07 Å². The van der Waals surface area contributed by atoms with Gasteiger partial charge in [0.05, 0.1) is 12.2 Å². The summed E-state index contributed by atoms with van der Waals surface area (Å²) in [6, 6.07) is 5.85. The van der Waals surface area contributed by atoms with E-state index in [-0.39, 0.29) is 49.6 Å². The van der Waals surface area contributed by atoms with E-state index >= 15 is 0 Å². The molecule has 1 unspecified atom stereocenters. The summed E-state index contributed by atoms with van der Waals surface area (Å²) in [5.74, 6) is -0.356. The lowest BCUT2D eigenvalue weighted by molar-refractivity contribution is -0.140. The SMILES string of the molecule is O=C1CCC(=O)N1CCC(=O)N(Cc1ccccn1)C1CCCNCC1. The Bertz CT molecular complexity index is 625. The summed E-state index contributed by atoms with van der Waals surface area (Å²) in [5.41, 5.74) is 0.853. The van der Waals surface area contributed by atoms with Crippen LogP contribution in [0.4, 0.5) is 0 Å². The summed E-state index contributed by atoms with van der Waals surface area (Å²) in [7, 11) is 0. The molecule has 1 atom stereocenters. The van der Waals surface area contributed by atoms with Crippen LogP contribution >= 0.6 is 0 Å². The monoisotopic (exact) mass is 358 g/mol. The molecule has 2 saturated heterocycles. The van der Waals surface area contributed by atoms with Gasteiger partial charge < -0.3 is 10.2 Å². The van der Waals surface area contributed by atoms with Crippen LogP contribution in [0, 0.1) is 0 Å². The van der Waals surface area contributed by atoms with Gasteiger partial charge in [0, 0.05) is 38.0 Å². The van der Waals surface area contributed by atoms with Gasteiger partial charge in [0.1, 0.15) is 0 Å². The van der Waals surface area contributed by atoms with E-state index in [1.165, 1.54) is 4.90 Å². The summed E-state index contributed by atoms with van der Waals surface area (Å²) in [6.45, 7) is 2.51. The van der Waals surface area contributed by atoms with E-state index in [2.05, 4.69) is 10.3 Å². The first-order valence-corrected chi connectivity index (χ1v) is 9.38. The maximum absolute atomic E-state index is 13.0. The number of hydrogen-bond donors (Lipinski definition) is 1. The van der Waals surface area contributed by atoms with Crippen LogP contribution in [-0.4, -0.2) is 58.2 Å². The topological polar surface area (TPSA) is 82.6 Å². The van der Waals surface area contributed by atoms with Gasteiger partial charge in [-0.05, 0) is 44.5 Å². The Balaban J connectivity index is 1.67. The highest BCUT2D eigenvalue weighted by atomic mass is 16.2. The summed E-state index contributed by atoms with van der Waals surface area (Å²) < 4.78 is 0. The number of aromatic nitrogens is 1. The molecule has 0 spiro atoms. The molecular formula is C19H26N4O3. The molecule has 1 N–H and O–H groups in total. The number of amides is 3. The van der Waals surface area contributed by atoms with E-state index in [0.717, 1.165) is 38.0 Å². The molecule has 0 aromatic carbocycles. The van der Waals surface area contributed by atoms with E-state index in [4.69, 9.17) is 0 Å². The first-order valence-electron chi connectivity index (χ1n) is 9.38. The molecule has 2 aliphatic rings. The number of pyridine rings is 1. The molecule has 1 aromatic heterocycles. The zero-order valence-electron chi connectivity index (χ0n) is 15.0. The van der Waals surface area contributed by atoms with Gasteiger partial charge in [-0.2, -0.15) is 0 Å². The highest BCUT2D eigenvalue weighted by Gasteiger charge is 2.31. The second-order valence-corrected chi connectivity index (χ2v) is 6.87. The van der Waals surface area contributed by atoms with E-state index in [9.17, 15) is 14.4 Å². The van der Waals surface area contributed by atoms with Gasteiger partial charge in [-0.25, -0.2) is 0 Å². The zero-order chi connectivity index (χ0) is 18.4. The van der Waals surface area contributed by atoms with Crippen molar-refractivity contribution < 1.29 is 14.4 Å². The minimum absolute atomic E-state index is 0.0185. The van der Waals surface area contributed by atoms with Gasteiger partial charge in [0.2, 0.25) is 17.7 Å². The van der Waals surface area contributed by atoms with Crippen molar-refractivity contribution in [1.29, 1.82) is 0 Å². The third-order valence-corrected chi connectivity index (χ3v) is 5.07. The molecule has 0 saturated carbocycles. The van der Waals surface area contributed by atoms with Crippen LogP contribution in [0.25, 0.3) is 0 Å². The largest absolute Gasteiger partial charge is 0.334 e. The van der Waals surface area contributed by atoms with E-state index in [1.807, 2.05) is 23.1 Å². The fourth-order valence-electron chi connectivity index (χ4n) is 3.62. The van der Waals surface area contributed by atoms with E-state index in [1.54, 1.807) is 6.20 Å². The van der Waals surface area contributed by atoms with Crippen molar-refractivity contribution >= 4 is 17.7 Å². The summed E-state index contributed by atoms with van der Waals surface area (Å²) >= 11 is 0. The Morgan fingerprint density at radius 3 is 2.73 bits per heavy atom. The van der Waals surface area contributed by atoms with Crippen molar-refractivity contribution in [1.82, 2.24) is 20.1 Å². The van der Waals surface area contributed by atoms with Gasteiger partial charge in [0.15, 0.2) is 0 Å². The Kier molecular flexibility index (Phi) is 6.33. The first-order chi connectivity index (χ1) is 12.6. The number of rotatable bonds is 6. The Hall–Kier alpha value is -2.28. The predicted octanol–water partition coefficient (Wildman–Crippen LogP) is 1.09. The van der Waals surface area contributed by atoms with Crippen LogP contribution in [0.15, 0.2) is 24.4 Å². The molecule has 7 nitrogen and oxygen atoms in total. The molecule has 140 valence electrons. The molecule has 0 bridgehead atoms. The Morgan fingerprint density at radius 2 is 2.00 bits per heavy atom. The smallest absolute Gasteiger partial charge is 0.229 e. The molecule has 26 heavy (non-hydrogen) atoms. The zero-order valence-corrected chi connectivity index (χ0v) is 15.0. The third kappa shape index (κ3) is 4.66. The molecule has 3 heterocycles. The maximum Gasteiger partial charge on any atom is 0.229 e. The van der Waals surface area contributed by atoms with Gasteiger partial charge >= 0.3 is 0 Å². The van der Waals surface area contributed by atoms with Crippen molar-refractivity contribution in [2.45, 2.75) is 51.1 Å². The van der Waals surface area contributed by atoms with Crippen LogP contribution in [0.5, 0.6) is 0 Å². The molecule has 7 heteroatoms. The van der Waals surface area contributed by atoms with Crippen molar-refractivity contribution in [3.05, 3.63) is 30.1 Å². The summed E-state index contributed by atoms with van der Waals surface area (Å²) in [5, 5.41) is 3.37. The van der Waals surface area contributed by atoms with Crippen LogP contribution in [0.3, 0.4) is 0 Å². The fourth-order valence-corrected chi connectivity index (χ4v) is 3.62. The standard InChI is InChI=1S/C19H26N4O3/c24-17-6-7-18(25)22(17)13-9-19(26)23(14-15-4-1-2-11-21-15)16-5-3-10-20-12-8-16/h1-2,4,11,16,20H,3,5-10,12-14H2. The average Bonchev–Trinajstić information content (AvgIpc) is 2.84. The van der Waals surface area contributed by atoms with Crippen molar-refractivity contribution in [3.63, 3.8) is 0 Å².